The number of nitrogens with one attached hydrogen (secondary N) is 1. The van der Waals surface area contributed by atoms with E-state index >= 15 is 0 Å². The average molecular weight is 331 g/mol. The van der Waals surface area contributed by atoms with Crippen LogP contribution in [-0.2, 0) is 4.79 Å². The van der Waals surface area contributed by atoms with Crippen molar-refractivity contribution < 1.29 is 9.18 Å². The summed E-state index contributed by atoms with van der Waals surface area (Å²) in [4.78, 5) is 17.0. The van der Waals surface area contributed by atoms with E-state index < -0.39 is 6.04 Å². The summed E-state index contributed by atoms with van der Waals surface area (Å²) in [7, 11) is 0. The fraction of sp³-hybridized carbons (Fsp3) is 0.222. The minimum Gasteiger partial charge on any atom is -0.324 e. The summed E-state index contributed by atoms with van der Waals surface area (Å²) in [6.45, 7) is 3.82. The highest BCUT2D eigenvalue weighted by atomic mass is 35.5. The number of benzodiazepines with no additional fused rings is 1. The van der Waals surface area contributed by atoms with Crippen molar-refractivity contribution in [2.75, 3.05) is 5.32 Å². The highest BCUT2D eigenvalue weighted by molar-refractivity contribution is 6.31. The summed E-state index contributed by atoms with van der Waals surface area (Å²) in [5.41, 5.74) is 2.05. The van der Waals surface area contributed by atoms with Crippen LogP contribution in [0.5, 0.6) is 0 Å². The number of anilines is 1. The van der Waals surface area contributed by atoms with Gasteiger partial charge in [0.1, 0.15) is 11.9 Å². The van der Waals surface area contributed by atoms with E-state index in [-0.39, 0.29) is 17.6 Å². The molecule has 0 aliphatic carbocycles. The lowest BCUT2D eigenvalue weighted by Crippen LogP contribution is -2.30. The summed E-state index contributed by atoms with van der Waals surface area (Å²) < 4.78 is 14.3. The zero-order valence-electron chi connectivity index (χ0n) is 12.8. The lowest BCUT2D eigenvalue weighted by atomic mass is 9.99. The van der Waals surface area contributed by atoms with E-state index in [2.05, 4.69) is 10.3 Å². The van der Waals surface area contributed by atoms with Crippen LogP contribution < -0.4 is 5.32 Å². The standard InChI is InChI=1S/C18H16ClFN2O/c1-10(2)16-18(23)21-15-9-11(19)7-8-13(15)17(22-16)12-5-3-4-6-14(12)20/h3-10,16H,1-2H3,(H,21,23)/t16-/m0/s1. The van der Waals surface area contributed by atoms with Gasteiger partial charge in [0.25, 0.3) is 0 Å². The Kier molecular flexibility index (Phi) is 4.18. The van der Waals surface area contributed by atoms with Gasteiger partial charge >= 0.3 is 0 Å². The summed E-state index contributed by atoms with van der Waals surface area (Å²) >= 11 is 6.04. The van der Waals surface area contributed by atoms with Crippen molar-refractivity contribution in [1.29, 1.82) is 0 Å². The molecule has 118 valence electrons. The average Bonchev–Trinajstić information content (AvgIpc) is 2.63. The molecule has 1 aliphatic heterocycles. The van der Waals surface area contributed by atoms with Gasteiger partial charge in [-0.3, -0.25) is 9.79 Å². The fourth-order valence-corrected chi connectivity index (χ4v) is 2.79. The number of benzene rings is 2. The first kappa shape index (κ1) is 15.7. The number of carbonyl (C=O) groups is 1. The molecule has 1 heterocycles. The molecule has 3 rings (SSSR count). The third-order valence-electron chi connectivity index (χ3n) is 3.79. The molecule has 2 aromatic carbocycles. The van der Waals surface area contributed by atoms with Gasteiger partial charge < -0.3 is 5.32 Å². The molecule has 0 unspecified atom stereocenters. The lowest BCUT2D eigenvalue weighted by molar-refractivity contribution is -0.118. The van der Waals surface area contributed by atoms with Crippen molar-refractivity contribution in [1.82, 2.24) is 0 Å². The number of halogens is 2. The van der Waals surface area contributed by atoms with Crippen LogP contribution in [0.25, 0.3) is 0 Å². The maximum atomic E-state index is 14.3. The molecule has 1 aliphatic rings. The van der Waals surface area contributed by atoms with Gasteiger partial charge in [0, 0.05) is 16.1 Å². The molecular formula is C18H16ClFN2O. The third-order valence-corrected chi connectivity index (χ3v) is 4.03. The van der Waals surface area contributed by atoms with Gasteiger partial charge in [-0.05, 0) is 36.2 Å². The molecule has 5 heteroatoms. The minimum absolute atomic E-state index is 0.0124. The zero-order valence-corrected chi connectivity index (χ0v) is 13.6. The summed E-state index contributed by atoms with van der Waals surface area (Å²) in [5.74, 6) is -0.597. The molecule has 2 aromatic rings. The number of amides is 1. The first-order chi connectivity index (χ1) is 11.0. The second-order valence-corrected chi connectivity index (χ2v) is 6.26. The molecular weight excluding hydrogens is 315 g/mol. The quantitative estimate of drug-likeness (QED) is 0.876. The Morgan fingerprint density at radius 3 is 2.61 bits per heavy atom. The number of aliphatic imine (C=N–C) groups is 1. The first-order valence-electron chi connectivity index (χ1n) is 7.41. The van der Waals surface area contributed by atoms with Gasteiger partial charge in [-0.1, -0.05) is 37.6 Å². The van der Waals surface area contributed by atoms with Crippen molar-refractivity contribution in [3.05, 3.63) is 64.4 Å². The Hall–Kier alpha value is -2.20. The van der Waals surface area contributed by atoms with Gasteiger partial charge in [-0.25, -0.2) is 4.39 Å². The number of hydrogen-bond acceptors (Lipinski definition) is 2. The lowest BCUT2D eigenvalue weighted by Gasteiger charge is -2.14. The van der Waals surface area contributed by atoms with E-state index in [4.69, 9.17) is 11.6 Å². The van der Waals surface area contributed by atoms with E-state index in [1.54, 1.807) is 36.4 Å². The molecule has 23 heavy (non-hydrogen) atoms. The number of hydrogen-bond donors (Lipinski definition) is 1. The Labute approximate surface area is 139 Å². The van der Waals surface area contributed by atoms with Crippen molar-refractivity contribution in [2.24, 2.45) is 10.9 Å². The van der Waals surface area contributed by atoms with Crippen LogP contribution in [0.1, 0.15) is 25.0 Å². The molecule has 0 aromatic heterocycles. The van der Waals surface area contributed by atoms with E-state index in [1.807, 2.05) is 13.8 Å². The zero-order chi connectivity index (χ0) is 16.6. The largest absolute Gasteiger partial charge is 0.324 e. The Balaban J connectivity index is 2.26. The molecule has 1 N–H and O–H groups in total. The first-order valence-corrected chi connectivity index (χ1v) is 7.78. The van der Waals surface area contributed by atoms with E-state index in [0.29, 0.717) is 27.5 Å². The van der Waals surface area contributed by atoms with Gasteiger partial charge in [0.05, 0.1) is 11.4 Å². The van der Waals surface area contributed by atoms with Crippen LogP contribution in [-0.4, -0.2) is 17.7 Å². The highest BCUT2D eigenvalue weighted by Crippen LogP contribution is 2.29. The topological polar surface area (TPSA) is 41.5 Å². The van der Waals surface area contributed by atoms with E-state index in [9.17, 15) is 9.18 Å². The Morgan fingerprint density at radius 2 is 1.91 bits per heavy atom. The Morgan fingerprint density at radius 1 is 1.17 bits per heavy atom. The second kappa shape index (κ2) is 6.13. The summed E-state index contributed by atoms with van der Waals surface area (Å²) in [5, 5.41) is 3.35. The number of nitrogens with zero attached hydrogens (tertiary/aromatic N) is 1. The van der Waals surface area contributed by atoms with Crippen molar-refractivity contribution in [3.63, 3.8) is 0 Å². The summed E-state index contributed by atoms with van der Waals surface area (Å²) in [6.07, 6.45) is 0. The number of rotatable bonds is 2. The van der Waals surface area contributed by atoms with Crippen molar-refractivity contribution >= 4 is 28.9 Å². The third kappa shape index (κ3) is 2.99. The molecule has 0 bridgehead atoms. The van der Waals surface area contributed by atoms with Crippen LogP contribution in [0, 0.1) is 11.7 Å². The maximum absolute atomic E-state index is 14.3. The molecule has 1 amide bonds. The van der Waals surface area contributed by atoms with Crippen LogP contribution in [0.3, 0.4) is 0 Å². The van der Waals surface area contributed by atoms with Crippen LogP contribution >= 0.6 is 11.6 Å². The fourth-order valence-electron chi connectivity index (χ4n) is 2.62. The SMILES string of the molecule is CC(C)[C@@H]1N=C(c2ccccc2F)c2ccc(Cl)cc2NC1=O. The van der Waals surface area contributed by atoms with Gasteiger partial charge in [-0.2, -0.15) is 0 Å². The highest BCUT2D eigenvalue weighted by Gasteiger charge is 2.28. The molecule has 0 fully saturated rings. The molecule has 0 spiro atoms. The molecule has 3 nitrogen and oxygen atoms in total. The van der Waals surface area contributed by atoms with Gasteiger partial charge in [-0.15, -0.1) is 0 Å². The predicted octanol–water partition coefficient (Wildman–Crippen LogP) is 4.29. The van der Waals surface area contributed by atoms with Crippen LogP contribution in [0.15, 0.2) is 47.5 Å². The monoisotopic (exact) mass is 330 g/mol. The normalized spacial score (nSPS) is 17.3. The van der Waals surface area contributed by atoms with Gasteiger partial charge in [0.2, 0.25) is 5.91 Å². The molecule has 1 atom stereocenters. The molecule has 0 radical (unpaired) electrons. The van der Waals surface area contributed by atoms with Crippen LogP contribution in [0.4, 0.5) is 10.1 Å². The van der Waals surface area contributed by atoms with Gasteiger partial charge in [0.15, 0.2) is 0 Å². The minimum atomic E-state index is -0.587. The summed E-state index contributed by atoms with van der Waals surface area (Å²) in [6, 6.07) is 11.0. The van der Waals surface area contributed by atoms with Crippen molar-refractivity contribution in [3.8, 4) is 0 Å². The number of fused-ring (bicyclic) bond motifs is 1. The molecule has 0 saturated heterocycles. The smallest absolute Gasteiger partial charge is 0.249 e. The predicted molar refractivity (Wildman–Crippen MR) is 90.7 cm³/mol. The van der Waals surface area contributed by atoms with E-state index in [0.717, 1.165) is 0 Å². The Bertz CT molecular complexity index is 801. The van der Waals surface area contributed by atoms with Crippen LogP contribution in [0.2, 0.25) is 5.02 Å². The van der Waals surface area contributed by atoms with E-state index in [1.165, 1.54) is 6.07 Å². The maximum Gasteiger partial charge on any atom is 0.249 e. The molecule has 0 saturated carbocycles. The number of carbonyl (C=O) groups excluding carboxylic acids is 1. The second-order valence-electron chi connectivity index (χ2n) is 5.83. The van der Waals surface area contributed by atoms with Crippen molar-refractivity contribution in [2.45, 2.75) is 19.9 Å².